The molecule has 2 aromatic heterocycles. The molecule has 21 heavy (non-hydrogen) atoms. The highest BCUT2D eigenvalue weighted by Gasteiger charge is 2.18. The predicted molar refractivity (Wildman–Crippen MR) is 81.6 cm³/mol. The third-order valence-corrected chi connectivity index (χ3v) is 3.61. The Kier molecular flexibility index (Phi) is 3.75. The van der Waals surface area contributed by atoms with Crippen LogP contribution < -0.4 is 0 Å². The fourth-order valence-electron chi connectivity index (χ4n) is 2.39. The Labute approximate surface area is 127 Å². The van der Waals surface area contributed by atoms with Gasteiger partial charge in [-0.3, -0.25) is 9.48 Å². The molecular formula is C15H15ClN4O. The van der Waals surface area contributed by atoms with Gasteiger partial charge in [-0.15, -0.1) is 0 Å². The number of rotatable bonds is 5. The second kappa shape index (κ2) is 5.69. The highest BCUT2D eigenvalue weighted by Crippen LogP contribution is 2.18. The van der Waals surface area contributed by atoms with Crippen LogP contribution in [-0.4, -0.2) is 25.1 Å². The third kappa shape index (κ3) is 2.56. The minimum Gasteiger partial charge on any atom is -0.323 e. The number of benzene rings is 1. The maximum Gasteiger partial charge on any atom is 0.202 e. The lowest BCUT2D eigenvalue weighted by atomic mass is 10.2. The van der Waals surface area contributed by atoms with E-state index < -0.39 is 0 Å². The molecule has 3 aromatic rings. The minimum atomic E-state index is -0.0610. The second-order valence-electron chi connectivity index (χ2n) is 4.85. The Morgan fingerprint density at radius 1 is 1.33 bits per heavy atom. The van der Waals surface area contributed by atoms with Crippen LogP contribution in [0, 0.1) is 0 Å². The van der Waals surface area contributed by atoms with Crippen molar-refractivity contribution in [2.45, 2.75) is 26.4 Å². The van der Waals surface area contributed by atoms with Gasteiger partial charge in [0.05, 0.1) is 35.1 Å². The number of Topliss-reactive ketones (excluding diaryl/α,β-unsaturated/α-hetero) is 1. The summed E-state index contributed by atoms with van der Waals surface area (Å²) in [5, 5.41) is 4.56. The van der Waals surface area contributed by atoms with Crippen molar-refractivity contribution in [1.82, 2.24) is 19.3 Å². The van der Waals surface area contributed by atoms with Crippen LogP contribution in [0.4, 0.5) is 0 Å². The summed E-state index contributed by atoms with van der Waals surface area (Å²) in [5.41, 5.74) is 2.28. The number of aromatic nitrogens is 4. The van der Waals surface area contributed by atoms with Crippen LogP contribution in [-0.2, 0) is 13.1 Å². The number of imidazole rings is 1. The Morgan fingerprint density at radius 2 is 2.14 bits per heavy atom. The zero-order valence-electron chi connectivity index (χ0n) is 11.7. The molecule has 0 aliphatic carbocycles. The van der Waals surface area contributed by atoms with Gasteiger partial charge in [0, 0.05) is 6.54 Å². The van der Waals surface area contributed by atoms with E-state index in [9.17, 15) is 4.79 Å². The predicted octanol–water partition coefficient (Wildman–Crippen LogP) is 3.18. The van der Waals surface area contributed by atoms with Gasteiger partial charge in [-0.25, -0.2) is 4.98 Å². The standard InChI is InChI=1S/C15H15ClN4O/c1-2-7-20-15(11(16)8-18-20)14(21)9-19-10-17-12-5-3-4-6-13(12)19/h3-6,8,10H,2,7,9H2,1H3. The lowest BCUT2D eigenvalue weighted by molar-refractivity contribution is 0.0963. The van der Waals surface area contributed by atoms with Crippen LogP contribution in [0.25, 0.3) is 11.0 Å². The minimum absolute atomic E-state index is 0.0610. The molecule has 0 unspecified atom stereocenters. The Morgan fingerprint density at radius 3 is 2.95 bits per heavy atom. The fourth-order valence-corrected chi connectivity index (χ4v) is 2.63. The van der Waals surface area contributed by atoms with Crippen molar-refractivity contribution in [3.8, 4) is 0 Å². The van der Waals surface area contributed by atoms with Crippen molar-refractivity contribution in [2.75, 3.05) is 0 Å². The molecule has 0 aliphatic heterocycles. The first-order valence-corrected chi connectivity index (χ1v) is 7.23. The molecule has 0 spiro atoms. The molecule has 2 heterocycles. The Bertz CT molecular complexity index is 790. The number of para-hydroxylation sites is 2. The second-order valence-corrected chi connectivity index (χ2v) is 5.26. The summed E-state index contributed by atoms with van der Waals surface area (Å²) < 4.78 is 3.50. The van der Waals surface area contributed by atoms with E-state index in [1.165, 1.54) is 6.20 Å². The number of carbonyl (C=O) groups is 1. The van der Waals surface area contributed by atoms with Gasteiger partial charge in [-0.05, 0) is 18.6 Å². The first-order valence-electron chi connectivity index (χ1n) is 6.85. The van der Waals surface area contributed by atoms with Crippen molar-refractivity contribution >= 4 is 28.4 Å². The van der Waals surface area contributed by atoms with E-state index in [1.54, 1.807) is 11.0 Å². The fraction of sp³-hybridized carbons (Fsp3) is 0.267. The summed E-state index contributed by atoms with van der Waals surface area (Å²) in [6.07, 6.45) is 4.10. The van der Waals surface area contributed by atoms with Gasteiger partial charge in [-0.2, -0.15) is 5.10 Å². The maximum absolute atomic E-state index is 12.5. The molecule has 0 atom stereocenters. The molecule has 1 aromatic carbocycles. The van der Waals surface area contributed by atoms with Crippen molar-refractivity contribution in [2.24, 2.45) is 0 Å². The molecule has 3 rings (SSSR count). The molecule has 0 N–H and O–H groups in total. The number of carbonyl (C=O) groups excluding carboxylic acids is 1. The van der Waals surface area contributed by atoms with Crippen molar-refractivity contribution in [3.63, 3.8) is 0 Å². The molecule has 0 saturated carbocycles. The number of ketones is 1. The molecule has 5 nitrogen and oxygen atoms in total. The summed E-state index contributed by atoms with van der Waals surface area (Å²) in [6, 6.07) is 7.72. The lowest BCUT2D eigenvalue weighted by Crippen LogP contribution is -2.16. The van der Waals surface area contributed by atoms with Gasteiger partial charge >= 0.3 is 0 Å². The van der Waals surface area contributed by atoms with Crippen LogP contribution in [0.5, 0.6) is 0 Å². The van der Waals surface area contributed by atoms with Crippen molar-refractivity contribution in [3.05, 3.63) is 47.5 Å². The molecule has 0 fully saturated rings. The molecule has 0 bridgehead atoms. The molecule has 6 heteroatoms. The van der Waals surface area contributed by atoms with Crippen molar-refractivity contribution < 1.29 is 4.79 Å². The third-order valence-electron chi connectivity index (χ3n) is 3.34. The monoisotopic (exact) mass is 302 g/mol. The lowest BCUT2D eigenvalue weighted by Gasteiger charge is -2.07. The summed E-state index contributed by atoms with van der Waals surface area (Å²) >= 11 is 6.10. The summed E-state index contributed by atoms with van der Waals surface area (Å²) in [6.45, 7) is 2.92. The number of aryl methyl sites for hydroxylation is 1. The summed E-state index contributed by atoms with van der Waals surface area (Å²) in [4.78, 5) is 16.8. The molecule has 0 saturated heterocycles. The first kappa shape index (κ1) is 13.8. The van der Waals surface area contributed by atoms with Gasteiger partial charge in [-0.1, -0.05) is 30.7 Å². The maximum atomic E-state index is 12.5. The van der Waals surface area contributed by atoms with Gasteiger partial charge < -0.3 is 4.57 Å². The first-order chi connectivity index (χ1) is 10.2. The van der Waals surface area contributed by atoms with Gasteiger partial charge in [0.25, 0.3) is 0 Å². The van der Waals surface area contributed by atoms with Crippen LogP contribution >= 0.6 is 11.6 Å². The molecule has 108 valence electrons. The zero-order chi connectivity index (χ0) is 14.8. The Hall–Kier alpha value is -2.14. The average Bonchev–Trinajstić information content (AvgIpc) is 3.04. The highest BCUT2D eigenvalue weighted by atomic mass is 35.5. The van der Waals surface area contributed by atoms with E-state index in [-0.39, 0.29) is 12.3 Å². The molecule has 0 radical (unpaired) electrons. The van der Waals surface area contributed by atoms with Crippen LogP contribution in [0.1, 0.15) is 23.8 Å². The normalized spacial score (nSPS) is 11.1. The summed E-state index contributed by atoms with van der Waals surface area (Å²) in [7, 11) is 0. The van der Waals surface area contributed by atoms with Crippen molar-refractivity contribution in [1.29, 1.82) is 0 Å². The van der Waals surface area contributed by atoms with E-state index in [0.717, 1.165) is 17.5 Å². The average molecular weight is 303 g/mol. The van der Waals surface area contributed by atoms with E-state index >= 15 is 0 Å². The van der Waals surface area contributed by atoms with Crippen LogP contribution in [0.2, 0.25) is 5.02 Å². The number of fused-ring (bicyclic) bond motifs is 1. The topological polar surface area (TPSA) is 52.7 Å². The largest absolute Gasteiger partial charge is 0.323 e. The van der Waals surface area contributed by atoms with Gasteiger partial charge in [0.2, 0.25) is 5.78 Å². The van der Waals surface area contributed by atoms with E-state index in [2.05, 4.69) is 10.1 Å². The number of hydrogen-bond acceptors (Lipinski definition) is 3. The van der Waals surface area contributed by atoms with Gasteiger partial charge in [0.15, 0.2) is 0 Å². The van der Waals surface area contributed by atoms with E-state index in [1.807, 2.05) is 35.8 Å². The van der Waals surface area contributed by atoms with E-state index in [4.69, 9.17) is 11.6 Å². The van der Waals surface area contributed by atoms with Gasteiger partial charge in [0.1, 0.15) is 5.69 Å². The van der Waals surface area contributed by atoms with E-state index in [0.29, 0.717) is 17.3 Å². The number of hydrogen-bond donors (Lipinski definition) is 0. The number of halogens is 1. The molecular weight excluding hydrogens is 288 g/mol. The molecule has 0 amide bonds. The molecule has 0 aliphatic rings. The quantitative estimate of drug-likeness (QED) is 0.680. The summed E-state index contributed by atoms with van der Waals surface area (Å²) in [5.74, 6) is -0.0610. The zero-order valence-corrected chi connectivity index (χ0v) is 12.4. The smallest absolute Gasteiger partial charge is 0.202 e. The Balaban J connectivity index is 1.91. The SMILES string of the molecule is CCCn1ncc(Cl)c1C(=O)Cn1cnc2ccccc21. The number of nitrogens with zero attached hydrogens (tertiary/aromatic N) is 4. The highest BCUT2D eigenvalue weighted by molar-refractivity contribution is 6.33. The van der Waals surface area contributed by atoms with Crippen LogP contribution in [0.3, 0.4) is 0 Å². The van der Waals surface area contributed by atoms with Crippen LogP contribution in [0.15, 0.2) is 36.8 Å².